The van der Waals surface area contributed by atoms with Gasteiger partial charge in [-0.3, -0.25) is 28.8 Å². The van der Waals surface area contributed by atoms with Crippen LogP contribution in [0.4, 0.5) is 0 Å². The lowest BCUT2D eigenvalue weighted by atomic mass is 9.91. The van der Waals surface area contributed by atoms with Gasteiger partial charge in [0.2, 0.25) is 11.8 Å². The number of nitrogens with zero attached hydrogens (tertiary/aromatic N) is 1. The predicted molar refractivity (Wildman–Crippen MR) is 191 cm³/mol. The molecular formula is C32H43IN4O9S2. The van der Waals surface area contributed by atoms with Crippen LogP contribution in [0.15, 0.2) is 36.5 Å². The Morgan fingerprint density at radius 1 is 0.938 bits per heavy atom. The number of unbranched alkanes of at least 4 members (excludes halogenated alkanes) is 1. The molecule has 1 aromatic heterocycles. The second kappa shape index (κ2) is 21.2. The Balaban J connectivity index is 2.22. The monoisotopic (exact) mass is 818 g/mol. The molecule has 0 spiro atoms. The number of hydrogen-bond acceptors (Lipinski definition) is 12. The molecule has 0 saturated heterocycles. The lowest BCUT2D eigenvalue weighted by molar-refractivity contribution is -0.164. The lowest BCUT2D eigenvalue weighted by Crippen LogP contribution is -2.60. The van der Waals surface area contributed by atoms with Crippen molar-refractivity contribution in [1.29, 1.82) is 0 Å². The maximum atomic E-state index is 14.1. The molecule has 0 fully saturated rings. The van der Waals surface area contributed by atoms with Crippen molar-refractivity contribution >= 4 is 80.3 Å². The molecule has 13 nitrogen and oxygen atoms in total. The highest BCUT2D eigenvalue weighted by atomic mass is 127. The molecule has 0 saturated carbocycles. The molecule has 1 heterocycles. The fourth-order valence-electron chi connectivity index (χ4n) is 4.40. The standard InChI is InChI=1S/C32H43IN4O9S2/c1-20-34-16-26(48-20)31(43)37-25(18-45-5)30(42)36-24(17-44-4)29(41)35-23(15-22-11-7-6-8-12-22)28(40)32(3,19-33)46-27(39)13-9-10-14-47-21(2)38/h6-8,11-12,16,23-25H,9-10,13-15,17-19H2,1-5H3,(H,35,41)(H,36,42)(H,37,43)/t23-,24-,25-,32?/m0/s1. The van der Waals surface area contributed by atoms with Crippen LogP contribution in [0.3, 0.4) is 0 Å². The molecule has 3 amide bonds. The zero-order chi connectivity index (χ0) is 35.7. The van der Waals surface area contributed by atoms with Crippen LogP contribution in [0.5, 0.6) is 0 Å². The average molecular weight is 819 g/mol. The topological polar surface area (TPSA) is 179 Å². The smallest absolute Gasteiger partial charge is 0.306 e. The van der Waals surface area contributed by atoms with Crippen molar-refractivity contribution in [3.05, 3.63) is 52.0 Å². The highest BCUT2D eigenvalue weighted by molar-refractivity contribution is 14.1. The number of methoxy groups -OCH3 is 2. The summed E-state index contributed by atoms with van der Waals surface area (Å²) in [6.45, 7) is 4.31. The number of Topliss-reactive ketones (excluding diaryl/α,β-unsaturated/α-hetero) is 1. The first-order chi connectivity index (χ1) is 22.8. The Kier molecular flexibility index (Phi) is 18.2. The molecule has 16 heteroatoms. The summed E-state index contributed by atoms with van der Waals surface area (Å²) in [5.74, 6) is -2.46. The zero-order valence-corrected chi connectivity index (χ0v) is 31.5. The van der Waals surface area contributed by atoms with E-state index < -0.39 is 53.2 Å². The van der Waals surface area contributed by atoms with E-state index in [0.717, 1.165) is 16.9 Å². The van der Waals surface area contributed by atoms with Crippen molar-refractivity contribution in [2.45, 2.75) is 70.2 Å². The van der Waals surface area contributed by atoms with E-state index in [2.05, 4.69) is 20.9 Å². The summed E-state index contributed by atoms with van der Waals surface area (Å²) in [5, 5.41) is 8.62. The molecule has 3 N–H and O–H groups in total. The highest BCUT2D eigenvalue weighted by Gasteiger charge is 2.42. The van der Waals surface area contributed by atoms with Crippen molar-refractivity contribution in [2.75, 3.05) is 37.6 Å². The van der Waals surface area contributed by atoms with Gasteiger partial charge in [-0.1, -0.05) is 64.7 Å². The van der Waals surface area contributed by atoms with E-state index in [1.807, 2.05) is 28.7 Å². The Hall–Kier alpha value is -2.93. The van der Waals surface area contributed by atoms with E-state index in [9.17, 15) is 28.8 Å². The second-order valence-electron chi connectivity index (χ2n) is 11.0. The number of carbonyl (C=O) groups is 6. The first-order valence-corrected chi connectivity index (χ1v) is 18.5. The second-order valence-corrected chi connectivity index (χ2v) is 14.3. The van der Waals surface area contributed by atoms with Crippen LogP contribution in [-0.4, -0.2) is 101 Å². The summed E-state index contributed by atoms with van der Waals surface area (Å²) < 4.78 is 16.2. The molecule has 1 unspecified atom stereocenters. The number of amides is 3. The summed E-state index contributed by atoms with van der Waals surface area (Å²) >= 11 is 4.31. The Morgan fingerprint density at radius 2 is 1.54 bits per heavy atom. The summed E-state index contributed by atoms with van der Waals surface area (Å²) in [6.07, 6.45) is 2.67. The molecule has 48 heavy (non-hydrogen) atoms. The minimum atomic E-state index is -1.57. The van der Waals surface area contributed by atoms with Gasteiger partial charge in [0.05, 0.1) is 30.5 Å². The van der Waals surface area contributed by atoms with Gasteiger partial charge in [0.1, 0.15) is 17.0 Å². The molecule has 2 rings (SSSR count). The number of ether oxygens (including phenoxy) is 3. The van der Waals surface area contributed by atoms with Crippen LogP contribution in [0, 0.1) is 6.92 Å². The maximum absolute atomic E-state index is 14.1. The van der Waals surface area contributed by atoms with Gasteiger partial charge in [0, 0.05) is 37.7 Å². The number of thioether (sulfide) groups is 1. The van der Waals surface area contributed by atoms with Crippen LogP contribution in [0.1, 0.15) is 53.4 Å². The number of hydrogen-bond donors (Lipinski definition) is 3. The van der Waals surface area contributed by atoms with Gasteiger partial charge >= 0.3 is 5.97 Å². The SMILES string of the molecule is COC[C@H](NC(=O)c1cnc(C)s1)C(=O)N[C@@H](COC)C(=O)N[C@@H](Cc1ccccc1)C(=O)C(C)(CI)OC(=O)CCCCSC(C)=O. The van der Waals surface area contributed by atoms with Gasteiger partial charge in [0.15, 0.2) is 16.5 Å². The van der Waals surface area contributed by atoms with Crippen molar-refractivity contribution in [2.24, 2.45) is 0 Å². The first-order valence-electron chi connectivity index (χ1n) is 15.1. The van der Waals surface area contributed by atoms with E-state index in [1.165, 1.54) is 46.0 Å². The Bertz CT molecular complexity index is 1390. The van der Waals surface area contributed by atoms with Gasteiger partial charge < -0.3 is 30.2 Å². The third-order valence-corrected chi connectivity index (χ3v) is 10.1. The van der Waals surface area contributed by atoms with E-state index >= 15 is 0 Å². The number of benzene rings is 1. The highest BCUT2D eigenvalue weighted by Crippen LogP contribution is 2.22. The Morgan fingerprint density at radius 3 is 2.08 bits per heavy atom. The molecule has 1 aromatic carbocycles. The minimum absolute atomic E-state index is 0.00279. The van der Waals surface area contributed by atoms with Gasteiger partial charge in [-0.25, -0.2) is 4.98 Å². The van der Waals surface area contributed by atoms with E-state index in [4.69, 9.17) is 14.2 Å². The molecule has 0 aliphatic heterocycles. The van der Waals surface area contributed by atoms with Crippen molar-refractivity contribution in [1.82, 2.24) is 20.9 Å². The number of halogens is 1. The first kappa shape index (κ1) is 41.2. The van der Waals surface area contributed by atoms with Crippen LogP contribution in [-0.2, 0) is 44.6 Å². The summed E-state index contributed by atoms with van der Waals surface area (Å²) in [6, 6.07) is 5.48. The van der Waals surface area contributed by atoms with Gasteiger partial charge in [-0.15, -0.1) is 11.3 Å². The van der Waals surface area contributed by atoms with Crippen LogP contribution in [0.2, 0.25) is 0 Å². The molecule has 0 bridgehead atoms. The quantitative estimate of drug-likeness (QED) is 0.0731. The number of aryl methyl sites for hydroxylation is 1. The zero-order valence-electron chi connectivity index (χ0n) is 27.7. The molecule has 0 aliphatic carbocycles. The normalized spacial score (nSPS) is 14.1. The van der Waals surface area contributed by atoms with Gasteiger partial charge in [-0.05, 0) is 38.7 Å². The van der Waals surface area contributed by atoms with E-state index in [1.54, 1.807) is 31.2 Å². The number of esters is 1. The summed E-state index contributed by atoms with van der Waals surface area (Å²) in [7, 11) is 2.72. The molecule has 4 atom stereocenters. The molecule has 2 aromatic rings. The van der Waals surface area contributed by atoms with E-state index in [0.29, 0.717) is 28.5 Å². The van der Waals surface area contributed by atoms with Crippen LogP contribution >= 0.6 is 45.7 Å². The van der Waals surface area contributed by atoms with Crippen LogP contribution < -0.4 is 16.0 Å². The third-order valence-electron chi connectivity index (χ3n) is 6.88. The number of nitrogens with one attached hydrogen (secondary N) is 3. The van der Waals surface area contributed by atoms with Crippen molar-refractivity contribution < 1.29 is 43.0 Å². The fourth-order valence-corrected chi connectivity index (χ4v) is 6.25. The van der Waals surface area contributed by atoms with Crippen molar-refractivity contribution in [3.63, 3.8) is 0 Å². The summed E-state index contributed by atoms with van der Waals surface area (Å²) in [4.78, 5) is 82.0. The molecular weight excluding hydrogens is 775 g/mol. The number of carbonyl (C=O) groups excluding carboxylic acids is 6. The van der Waals surface area contributed by atoms with Crippen molar-refractivity contribution in [3.8, 4) is 0 Å². The average Bonchev–Trinajstić information content (AvgIpc) is 3.49. The third kappa shape index (κ3) is 13.9. The lowest BCUT2D eigenvalue weighted by Gasteiger charge is -2.31. The maximum Gasteiger partial charge on any atom is 0.306 e. The molecule has 264 valence electrons. The largest absolute Gasteiger partial charge is 0.450 e. The van der Waals surface area contributed by atoms with E-state index in [-0.39, 0.29) is 35.6 Å². The number of rotatable bonds is 21. The van der Waals surface area contributed by atoms with Crippen LogP contribution in [0.25, 0.3) is 0 Å². The fraction of sp³-hybridized carbons (Fsp3) is 0.531. The molecule has 0 radical (unpaired) electrons. The minimum Gasteiger partial charge on any atom is -0.450 e. The molecule has 0 aliphatic rings. The summed E-state index contributed by atoms with van der Waals surface area (Å²) in [5.41, 5.74) is -0.823. The Labute approximate surface area is 302 Å². The van der Waals surface area contributed by atoms with Gasteiger partial charge in [0.25, 0.3) is 5.91 Å². The number of aromatic nitrogens is 1. The number of ketones is 1. The van der Waals surface area contributed by atoms with Gasteiger partial charge in [-0.2, -0.15) is 0 Å². The number of alkyl halides is 1. The predicted octanol–water partition coefficient (Wildman–Crippen LogP) is 2.81. The number of thiazole rings is 1.